The van der Waals surface area contributed by atoms with Crippen molar-refractivity contribution in [2.24, 2.45) is 0 Å². The Bertz CT molecular complexity index is 445. The molecule has 0 aliphatic heterocycles. The molecular formula is C11H14N2S. The summed E-state index contributed by atoms with van der Waals surface area (Å²) >= 11 is 1.76. The molecule has 3 heteroatoms. The van der Waals surface area contributed by atoms with E-state index in [-0.39, 0.29) is 0 Å². The topological polar surface area (TPSA) is 16.1 Å². The normalized spacial score (nSPS) is 11.4. The van der Waals surface area contributed by atoms with Crippen LogP contribution in [0.2, 0.25) is 0 Å². The average Bonchev–Trinajstić information content (AvgIpc) is 2.42. The summed E-state index contributed by atoms with van der Waals surface area (Å²) in [5.74, 6) is 0. The van der Waals surface area contributed by atoms with E-state index in [4.69, 9.17) is 0 Å². The van der Waals surface area contributed by atoms with E-state index < -0.39 is 0 Å². The number of hydrogen-bond acceptors (Lipinski definition) is 3. The van der Waals surface area contributed by atoms with Crippen LogP contribution in [-0.2, 0) is 6.54 Å². The molecule has 0 spiro atoms. The van der Waals surface area contributed by atoms with Crippen LogP contribution in [0, 0.1) is 6.92 Å². The van der Waals surface area contributed by atoms with Gasteiger partial charge in [0, 0.05) is 6.54 Å². The highest BCUT2D eigenvalue weighted by Crippen LogP contribution is 2.22. The van der Waals surface area contributed by atoms with Crippen molar-refractivity contribution < 1.29 is 0 Å². The molecule has 0 unspecified atom stereocenters. The van der Waals surface area contributed by atoms with Crippen LogP contribution in [0.1, 0.15) is 10.6 Å². The van der Waals surface area contributed by atoms with Crippen molar-refractivity contribution >= 4 is 21.6 Å². The molecular weight excluding hydrogens is 192 g/mol. The lowest BCUT2D eigenvalue weighted by atomic mass is 10.2. The predicted octanol–water partition coefficient (Wildman–Crippen LogP) is 2.67. The zero-order valence-corrected chi connectivity index (χ0v) is 9.56. The molecule has 2 rings (SSSR count). The fourth-order valence-corrected chi connectivity index (χ4v) is 2.44. The van der Waals surface area contributed by atoms with Gasteiger partial charge in [-0.2, -0.15) is 0 Å². The maximum absolute atomic E-state index is 4.44. The number of aromatic nitrogens is 1. The van der Waals surface area contributed by atoms with Gasteiger partial charge < -0.3 is 4.90 Å². The molecule has 0 amide bonds. The zero-order chi connectivity index (χ0) is 10.1. The van der Waals surface area contributed by atoms with Crippen molar-refractivity contribution in [1.82, 2.24) is 9.88 Å². The standard InChI is InChI=1S/C11H14N2S/c1-8-12-10-5-4-9(7-13(2)3)6-11(10)14-8/h4-6H,7H2,1-3H3. The molecule has 0 aliphatic rings. The Balaban J connectivity index is 2.40. The smallest absolute Gasteiger partial charge is 0.0907 e. The first-order valence-corrected chi connectivity index (χ1v) is 5.47. The number of benzene rings is 1. The Morgan fingerprint density at radius 3 is 2.86 bits per heavy atom. The van der Waals surface area contributed by atoms with Crippen LogP contribution in [0.15, 0.2) is 18.2 Å². The first-order valence-electron chi connectivity index (χ1n) is 4.66. The van der Waals surface area contributed by atoms with Crippen molar-refractivity contribution in [3.63, 3.8) is 0 Å². The van der Waals surface area contributed by atoms with Crippen LogP contribution in [-0.4, -0.2) is 24.0 Å². The summed E-state index contributed by atoms with van der Waals surface area (Å²) in [6, 6.07) is 6.50. The maximum Gasteiger partial charge on any atom is 0.0907 e. The fraction of sp³-hybridized carbons (Fsp3) is 0.364. The summed E-state index contributed by atoms with van der Waals surface area (Å²) in [6.07, 6.45) is 0. The molecule has 0 atom stereocenters. The number of thiazole rings is 1. The number of fused-ring (bicyclic) bond motifs is 1. The minimum atomic E-state index is 0.993. The second-order valence-electron chi connectivity index (χ2n) is 3.77. The molecule has 0 fully saturated rings. The van der Waals surface area contributed by atoms with E-state index in [1.165, 1.54) is 10.3 Å². The lowest BCUT2D eigenvalue weighted by molar-refractivity contribution is 0.403. The van der Waals surface area contributed by atoms with Gasteiger partial charge >= 0.3 is 0 Å². The molecule has 14 heavy (non-hydrogen) atoms. The molecule has 0 N–H and O–H groups in total. The van der Waals surface area contributed by atoms with Gasteiger partial charge in [0.1, 0.15) is 0 Å². The lowest BCUT2D eigenvalue weighted by Crippen LogP contribution is -2.10. The number of hydrogen-bond donors (Lipinski definition) is 0. The number of aryl methyl sites for hydroxylation is 1. The van der Waals surface area contributed by atoms with Crippen molar-refractivity contribution in [2.75, 3.05) is 14.1 Å². The van der Waals surface area contributed by atoms with Gasteiger partial charge in [-0.1, -0.05) is 6.07 Å². The van der Waals surface area contributed by atoms with Crippen molar-refractivity contribution in [2.45, 2.75) is 13.5 Å². The molecule has 1 heterocycles. The van der Waals surface area contributed by atoms with E-state index in [1.807, 2.05) is 0 Å². The number of rotatable bonds is 2. The Hall–Kier alpha value is -0.930. The van der Waals surface area contributed by atoms with Crippen molar-refractivity contribution in [3.8, 4) is 0 Å². The molecule has 2 nitrogen and oxygen atoms in total. The molecule has 0 aliphatic carbocycles. The average molecular weight is 206 g/mol. The van der Waals surface area contributed by atoms with Gasteiger partial charge in [0.05, 0.1) is 15.2 Å². The van der Waals surface area contributed by atoms with Crippen LogP contribution in [0.3, 0.4) is 0 Å². The quantitative estimate of drug-likeness (QED) is 0.751. The third-order valence-electron chi connectivity index (χ3n) is 2.06. The molecule has 74 valence electrons. The minimum Gasteiger partial charge on any atom is -0.305 e. The molecule has 1 aromatic carbocycles. The Morgan fingerprint density at radius 1 is 1.36 bits per heavy atom. The molecule has 1 aromatic heterocycles. The third-order valence-corrected chi connectivity index (χ3v) is 2.99. The van der Waals surface area contributed by atoms with Crippen LogP contribution in [0.4, 0.5) is 0 Å². The van der Waals surface area contributed by atoms with Crippen molar-refractivity contribution in [3.05, 3.63) is 28.8 Å². The van der Waals surface area contributed by atoms with E-state index in [2.05, 4.69) is 49.1 Å². The summed E-state index contributed by atoms with van der Waals surface area (Å²) in [4.78, 5) is 6.61. The van der Waals surface area contributed by atoms with E-state index >= 15 is 0 Å². The largest absolute Gasteiger partial charge is 0.305 e. The van der Waals surface area contributed by atoms with Crippen LogP contribution < -0.4 is 0 Å². The van der Waals surface area contributed by atoms with E-state index in [9.17, 15) is 0 Å². The van der Waals surface area contributed by atoms with Gasteiger partial charge in [0.15, 0.2) is 0 Å². The molecule has 0 saturated carbocycles. The predicted molar refractivity (Wildman–Crippen MR) is 61.7 cm³/mol. The highest BCUT2D eigenvalue weighted by molar-refractivity contribution is 7.18. The molecule has 0 bridgehead atoms. The monoisotopic (exact) mass is 206 g/mol. The summed E-state index contributed by atoms with van der Waals surface area (Å²) in [5, 5.41) is 1.14. The van der Waals surface area contributed by atoms with Gasteiger partial charge in [-0.25, -0.2) is 4.98 Å². The summed E-state index contributed by atoms with van der Waals surface area (Å²) in [6.45, 7) is 3.04. The first-order chi connectivity index (χ1) is 6.65. The second-order valence-corrected chi connectivity index (χ2v) is 5.01. The highest BCUT2D eigenvalue weighted by atomic mass is 32.1. The van der Waals surface area contributed by atoms with Gasteiger partial charge in [0.2, 0.25) is 0 Å². The van der Waals surface area contributed by atoms with E-state index in [0.29, 0.717) is 0 Å². The van der Waals surface area contributed by atoms with Crippen molar-refractivity contribution in [1.29, 1.82) is 0 Å². The van der Waals surface area contributed by atoms with Gasteiger partial charge in [-0.3, -0.25) is 0 Å². The molecule has 0 saturated heterocycles. The van der Waals surface area contributed by atoms with E-state index in [1.54, 1.807) is 11.3 Å². The fourth-order valence-electron chi connectivity index (χ4n) is 1.55. The highest BCUT2D eigenvalue weighted by Gasteiger charge is 2.01. The number of nitrogens with zero attached hydrogens (tertiary/aromatic N) is 2. The van der Waals surface area contributed by atoms with Gasteiger partial charge in [-0.05, 0) is 38.7 Å². The van der Waals surface area contributed by atoms with E-state index in [0.717, 1.165) is 17.1 Å². The Labute approximate surface area is 88.2 Å². The van der Waals surface area contributed by atoms with Crippen LogP contribution in [0.25, 0.3) is 10.2 Å². The Kier molecular flexibility index (Phi) is 2.52. The minimum absolute atomic E-state index is 0.993. The summed E-state index contributed by atoms with van der Waals surface area (Å²) in [7, 11) is 4.17. The van der Waals surface area contributed by atoms with Gasteiger partial charge in [0.25, 0.3) is 0 Å². The Morgan fingerprint density at radius 2 is 2.14 bits per heavy atom. The first kappa shape index (κ1) is 9.62. The SMILES string of the molecule is Cc1nc2ccc(CN(C)C)cc2s1. The van der Waals surface area contributed by atoms with Crippen LogP contribution in [0.5, 0.6) is 0 Å². The molecule has 0 radical (unpaired) electrons. The molecule has 2 aromatic rings. The summed E-state index contributed by atoms with van der Waals surface area (Å²) < 4.78 is 1.29. The van der Waals surface area contributed by atoms with Crippen LogP contribution >= 0.6 is 11.3 Å². The van der Waals surface area contributed by atoms with Gasteiger partial charge in [-0.15, -0.1) is 11.3 Å². The lowest BCUT2D eigenvalue weighted by Gasteiger charge is -2.08. The maximum atomic E-state index is 4.44. The summed E-state index contributed by atoms with van der Waals surface area (Å²) in [5.41, 5.74) is 2.47. The second kappa shape index (κ2) is 3.67. The zero-order valence-electron chi connectivity index (χ0n) is 8.74. The third kappa shape index (κ3) is 1.94.